The number of hydrogen-bond donors (Lipinski definition) is 1. The summed E-state index contributed by atoms with van der Waals surface area (Å²) < 4.78 is 0. The number of carbonyl (C=O) groups excluding carboxylic acids is 2. The second kappa shape index (κ2) is 9.18. The SMILES string of the molecule is CC(Sc1ccccc1Cl)C(=O)NCCC(=O)N1CCCCC1. The first kappa shape index (κ1) is 18.1. The molecule has 2 rings (SSSR count). The lowest BCUT2D eigenvalue weighted by molar-refractivity contribution is -0.132. The van der Waals surface area contributed by atoms with Crippen molar-refractivity contribution in [1.82, 2.24) is 10.2 Å². The van der Waals surface area contributed by atoms with Crippen molar-refractivity contribution < 1.29 is 9.59 Å². The Morgan fingerprint density at radius 1 is 1.26 bits per heavy atom. The van der Waals surface area contributed by atoms with Crippen LogP contribution in [0.1, 0.15) is 32.6 Å². The molecule has 23 heavy (non-hydrogen) atoms. The van der Waals surface area contributed by atoms with Crippen LogP contribution < -0.4 is 5.32 Å². The molecule has 6 heteroatoms. The Bertz CT molecular complexity index is 547. The van der Waals surface area contributed by atoms with Crippen molar-refractivity contribution in [3.8, 4) is 0 Å². The fourth-order valence-corrected chi connectivity index (χ4v) is 3.70. The molecule has 1 heterocycles. The van der Waals surface area contributed by atoms with E-state index in [4.69, 9.17) is 11.6 Å². The minimum atomic E-state index is -0.250. The summed E-state index contributed by atoms with van der Waals surface area (Å²) in [4.78, 5) is 26.9. The standard InChI is InChI=1S/C17H23ClN2O2S/c1-13(23-15-8-4-3-7-14(15)18)17(22)19-10-9-16(21)20-11-5-2-6-12-20/h3-4,7-8,13H,2,5-6,9-12H2,1H3,(H,19,22). The molecular formula is C17H23ClN2O2S. The van der Waals surface area contributed by atoms with E-state index in [2.05, 4.69) is 5.32 Å². The van der Waals surface area contributed by atoms with Crippen LogP contribution in [0.2, 0.25) is 5.02 Å². The molecule has 1 fully saturated rings. The maximum absolute atomic E-state index is 12.1. The summed E-state index contributed by atoms with van der Waals surface area (Å²) in [6.07, 6.45) is 3.75. The van der Waals surface area contributed by atoms with E-state index >= 15 is 0 Å². The highest BCUT2D eigenvalue weighted by molar-refractivity contribution is 8.00. The van der Waals surface area contributed by atoms with Crippen LogP contribution >= 0.6 is 23.4 Å². The average molecular weight is 355 g/mol. The van der Waals surface area contributed by atoms with Crippen molar-refractivity contribution >= 4 is 35.2 Å². The summed E-state index contributed by atoms with van der Waals surface area (Å²) in [7, 11) is 0. The number of hydrogen-bond acceptors (Lipinski definition) is 3. The van der Waals surface area contributed by atoms with Crippen LogP contribution in [-0.4, -0.2) is 41.6 Å². The molecule has 1 N–H and O–H groups in total. The van der Waals surface area contributed by atoms with E-state index in [0.29, 0.717) is 18.0 Å². The molecule has 0 aromatic heterocycles. The maximum Gasteiger partial charge on any atom is 0.233 e. The number of piperidine rings is 1. The molecule has 1 saturated heterocycles. The zero-order valence-electron chi connectivity index (χ0n) is 13.4. The van der Waals surface area contributed by atoms with Crippen LogP contribution in [0, 0.1) is 0 Å². The summed E-state index contributed by atoms with van der Waals surface area (Å²) in [5.41, 5.74) is 0. The highest BCUT2D eigenvalue weighted by Crippen LogP contribution is 2.29. The Kier molecular flexibility index (Phi) is 7.24. The number of likely N-dealkylation sites (tertiary alicyclic amines) is 1. The van der Waals surface area contributed by atoms with Crippen LogP contribution in [-0.2, 0) is 9.59 Å². The third kappa shape index (κ3) is 5.74. The van der Waals surface area contributed by atoms with Gasteiger partial charge in [0.15, 0.2) is 0 Å². The van der Waals surface area contributed by atoms with Crippen LogP contribution in [0.25, 0.3) is 0 Å². The summed E-state index contributed by atoms with van der Waals surface area (Å²) in [5, 5.41) is 3.24. The molecule has 1 aliphatic heterocycles. The van der Waals surface area contributed by atoms with Gasteiger partial charge in [0, 0.05) is 31.0 Å². The molecule has 1 unspecified atom stereocenters. The number of amides is 2. The third-order valence-electron chi connectivity index (χ3n) is 3.86. The molecule has 0 aliphatic carbocycles. The highest BCUT2D eigenvalue weighted by atomic mass is 35.5. The number of carbonyl (C=O) groups is 2. The molecule has 0 spiro atoms. The van der Waals surface area contributed by atoms with Gasteiger partial charge in [0.1, 0.15) is 0 Å². The second-order valence-electron chi connectivity index (χ2n) is 5.67. The van der Waals surface area contributed by atoms with Gasteiger partial charge in [0.05, 0.1) is 10.3 Å². The second-order valence-corrected chi connectivity index (χ2v) is 7.46. The van der Waals surface area contributed by atoms with Gasteiger partial charge in [-0.3, -0.25) is 9.59 Å². The summed E-state index contributed by atoms with van der Waals surface area (Å²) in [6, 6.07) is 7.47. The minimum Gasteiger partial charge on any atom is -0.355 e. The van der Waals surface area contributed by atoms with E-state index in [-0.39, 0.29) is 17.1 Å². The Morgan fingerprint density at radius 3 is 2.65 bits per heavy atom. The third-order valence-corrected chi connectivity index (χ3v) is 5.48. The zero-order chi connectivity index (χ0) is 16.7. The van der Waals surface area contributed by atoms with E-state index in [0.717, 1.165) is 30.8 Å². The number of nitrogens with zero attached hydrogens (tertiary/aromatic N) is 1. The van der Waals surface area contributed by atoms with Gasteiger partial charge in [0.25, 0.3) is 0 Å². The van der Waals surface area contributed by atoms with Crippen molar-refractivity contribution in [3.63, 3.8) is 0 Å². The van der Waals surface area contributed by atoms with E-state index < -0.39 is 0 Å². The van der Waals surface area contributed by atoms with E-state index in [1.54, 1.807) is 0 Å². The fourth-order valence-electron chi connectivity index (χ4n) is 2.52. The normalized spacial score (nSPS) is 16.0. The van der Waals surface area contributed by atoms with Crippen molar-refractivity contribution in [2.75, 3.05) is 19.6 Å². The number of nitrogens with one attached hydrogen (secondary N) is 1. The largest absolute Gasteiger partial charge is 0.355 e. The first-order chi connectivity index (χ1) is 11.1. The van der Waals surface area contributed by atoms with Crippen molar-refractivity contribution in [2.45, 2.75) is 42.8 Å². The Morgan fingerprint density at radius 2 is 1.96 bits per heavy atom. The molecule has 0 saturated carbocycles. The summed E-state index contributed by atoms with van der Waals surface area (Å²) in [6.45, 7) is 3.94. The molecule has 1 aliphatic rings. The van der Waals surface area contributed by atoms with Crippen LogP contribution in [0.15, 0.2) is 29.2 Å². The van der Waals surface area contributed by atoms with E-state index in [1.165, 1.54) is 18.2 Å². The van der Waals surface area contributed by atoms with Gasteiger partial charge in [0.2, 0.25) is 11.8 Å². The Hall–Kier alpha value is -1.20. The zero-order valence-corrected chi connectivity index (χ0v) is 15.0. The maximum atomic E-state index is 12.1. The van der Waals surface area contributed by atoms with E-state index in [1.807, 2.05) is 36.1 Å². The molecule has 0 radical (unpaired) electrons. The van der Waals surface area contributed by atoms with Crippen LogP contribution in [0.4, 0.5) is 0 Å². The molecular weight excluding hydrogens is 332 g/mol. The Balaban J connectivity index is 1.71. The lowest BCUT2D eigenvalue weighted by atomic mass is 10.1. The van der Waals surface area contributed by atoms with Gasteiger partial charge in [-0.1, -0.05) is 23.7 Å². The van der Waals surface area contributed by atoms with Crippen LogP contribution in [0.5, 0.6) is 0 Å². The number of benzene rings is 1. The average Bonchev–Trinajstić information content (AvgIpc) is 2.57. The molecule has 0 bridgehead atoms. The van der Waals surface area contributed by atoms with Crippen molar-refractivity contribution in [3.05, 3.63) is 29.3 Å². The quantitative estimate of drug-likeness (QED) is 0.797. The predicted molar refractivity (Wildman–Crippen MR) is 94.8 cm³/mol. The highest BCUT2D eigenvalue weighted by Gasteiger charge is 2.18. The first-order valence-electron chi connectivity index (χ1n) is 8.04. The lowest BCUT2D eigenvalue weighted by Crippen LogP contribution is -2.39. The number of halogens is 1. The first-order valence-corrected chi connectivity index (χ1v) is 9.30. The molecule has 4 nitrogen and oxygen atoms in total. The van der Waals surface area contributed by atoms with Gasteiger partial charge in [-0.15, -0.1) is 11.8 Å². The number of thioether (sulfide) groups is 1. The topological polar surface area (TPSA) is 49.4 Å². The molecule has 1 atom stereocenters. The molecule has 1 aromatic rings. The molecule has 126 valence electrons. The fraction of sp³-hybridized carbons (Fsp3) is 0.529. The Labute approximate surface area is 146 Å². The smallest absolute Gasteiger partial charge is 0.233 e. The monoisotopic (exact) mass is 354 g/mol. The summed E-state index contributed by atoms with van der Waals surface area (Å²) >= 11 is 7.53. The van der Waals surface area contributed by atoms with Gasteiger partial charge in [-0.05, 0) is 38.3 Å². The van der Waals surface area contributed by atoms with Gasteiger partial charge < -0.3 is 10.2 Å². The molecule has 1 aromatic carbocycles. The van der Waals surface area contributed by atoms with Crippen molar-refractivity contribution in [2.24, 2.45) is 0 Å². The van der Waals surface area contributed by atoms with Gasteiger partial charge in [-0.25, -0.2) is 0 Å². The molecule has 2 amide bonds. The number of rotatable bonds is 6. The summed E-state index contributed by atoms with van der Waals surface area (Å²) in [5.74, 6) is 0.0674. The van der Waals surface area contributed by atoms with E-state index in [9.17, 15) is 9.59 Å². The van der Waals surface area contributed by atoms with Crippen molar-refractivity contribution in [1.29, 1.82) is 0 Å². The van der Waals surface area contributed by atoms with Gasteiger partial charge >= 0.3 is 0 Å². The van der Waals surface area contributed by atoms with Crippen LogP contribution in [0.3, 0.4) is 0 Å². The van der Waals surface area contributed by atoms with Gasteiger partial charge in [-0.2, -0.15) is 0 Å². The lowest BCUT2D eigenvalue weighted by Gasteiger charge is -2.26. The minimum absolute atomic E-state index is 0.0682. The predicted octanol–water partition coefficient (Wildman–Crippen LogP) is 3.34.